The monoisotopic (exact) mass is 190 g/mol. The minimum absolute atomic E-state index is 0.712. The molecule has 0 saturated heterocycles. The van der Waals surface area contributed by atoms with Gasteiger partial charge in [-0.1, -0.05) is 0 Å². The van der Waals surface area contributed by atoms with Gasteiger partial charge in [-0.15, -0.1) is 0 Å². The Bertz CT molecular complexity index is 381. The van der Waals surface area contributed by atoms with Crippen molar-refractivity contribution in [2.45, 2.75) is 20.4 Å². The summed E-state index contributed by atoms with van der Waals surface area (Å²) in [6, 6.07) is 8.03. The average molecular weight is 190 g/mol. The predicted molar refractivity (Wildman–Crippen MR) is 55.7 cm³/mol. The first-order valence-corrected chi connectivity index (χ1v) is 4.68. The van der Waals surface area contributed by atoms with E-state index < -0.39 is 0 Å². The summed E-state index contributed by atoms with van der Waals surface area (Å²) >= 11 is 0. The molecule has 0 spiro atoms. The standard InChI is InChI=1S/C11H14N2O/c1-9-5-6-10(2)13(9)12-8-11-4-3-7-14-11/h3-7,12H,8H2,1-2H3. The lowest BCUT2D eigenvalue weighted by molar-refractivity contribution is 0.509. The molecule has 0 aromatic carbocycles. The molecule has 3 nitrogen and oxygen atoms in total. The normalized spacial score (nSPS) is 10.4. The minimum atomic E-state index is 0.712. The van der Waals surface area contributed by atoms with Crippen LogP contribution in [0.25, 0.3) is 0 Å². The Balaban J connectivity index is 2.05. The molecule has 0 amide bonds. The summed E-state index contributed by atoms with van der Waals surface area (Å²) in [5.41, 5.74) is 5.69. The van der Waals surface area contributed by atoms with E-state index in [1.54, 1.807) is 6.26 Å². The van der Waals surface area contributed by atoms with Gasteiger partial charge < -0.3 is 9.84 Å². The number of rotatable bonds is 3. The molecule has 14 heavy (non-hydrogen) atoms. The molecular formula is C11H14N2O. The van der Waals surface area contributed by atoms with Crippen LogP contribution in [-0.2, 0) is 6.54 Å². The van der Waals surface area contributed by atoms with Gasteiger partial charge in [0.2, 0.25) is 0 Å². The maximum Gasteiger partial charge on any atom is 0.124 e. The van der Waals surface area contributed by atoms with Gasteiger partial charge in [0.25, 0.3) is 0 Å². The lowest BCUT2D eigenvalue weighted by atomic mass is 10.4. The van der Waals surface area contributed by atoms with Gasteiger partial charge in [-0.05, 0) is 38.1 Å². The molecule has 0 radical (unpaired) electrons. The van der Waals surface area contributed by atoms with Crippen LogP contribution in [0.3, 0.4) is 0 Å². The molecule has 0 bridgehead atoms. The van der Waals surface area contributed by atoms with Gasteiger partial charge >= 0.3 is 0 Å². The summed E-state index contributed by atoms with van der Waals surface area (Å²) in [7, 11) is 0. The molecule has 0 aliphatic carbocycles. The van der Waals surface area contributed by atoms with E-state index in [1.807, 2.05) is 12.1 Å². The van der Waals surface area contributed by atoms with Crippen molar-refractivity contribution in [2.75, 3.05) is 5.43 Å². The summed E-state index contributed by atoms with van der Waals surface area (Å²) in [5.74, 6) is 0.942. The van der Waals surface area contributed by atoms with Crippen LogP contribution >= 0.6 is 0 Å². The maximum absolute atomic E-state index is 5.24. The Labute approximate surface area is 83.3 Å². The highest BCUT2D eigenvalue weighted by molar-refractivity contribution is 5.15. The van der Waals surface area contributed by atoms with Crippen LogP contribution in [-0.4, -0.2) is 4.68 Å². The predicted octanol–water partition coefficient (Wildman–Crippen LogP) is 2.44. The molecule has 0 aliphatic heterocycles. The van der Waals surface area contributed by atoms with Gasteiger partial charge in [0, 0.05) is 11.4 Å². The van der Waals surface area contributed by atoms with Crippen molar-refractivity contribution in [2.24, 2.45) is 0 Å². The zero-order valence-corrected chi connectivity index (χ0v) is 8.45. The van der Waals surface area contributed by atoms with E-state index in [0.717, 1.165) is 5.76 Å². The lowest BCUT2D eigenvalue weighted by Gasteiger charge is -2.10. The molecule has 0 saturated carbocycles. The quantitative estimate of drug-likeness (QED) is 0.805. The smallest absolute Gasteiger partial charge is 0.124 e. The van der Waals surface area contributed by atoms with Crippen LogP contribution in [0.2, 0.25) is 0 Å². The van der Waals surface area contributed by atoms with E-state index in [0.29, 0.717) is 6.54 Å². The average Bonchev–Trinajstić information content (AvgIpc) is 2.76. The fraction of sp³-hybridized carbons (Fsp3) is 0.273. The third kappa shape index (κ3) is 1.66. The fourth-order valence-corrected chi connectivity index (χ4v) is 1.49. The molecule has 74 valence electrons. The van der Waals surface area contributed by atoms with Gasteiger partial charge in [-0.3, -0.25) is 4.68 Å². The van der Waals surface area contributed by atoms with Crippen molar-refractivity contribution in [1.82, 2.24) is 4.68 Å². The molecule has 1 N–H and O–H groups in total. The molecule has 0 atom stereocenters. The van der Waals surface area contributed by atoms with Crippen molar-refractivity contribution in [3.8, 4) is 0 Å². The third-order valence-corrected chi connectivity index (χ3v) is 2.26. The molecule has 2 aromatic heterocycles. The van der Waals surface area contributed by atoms with Crippen LogP contribution in [0, 0.1) is 13.8 Å². The van der Waals surface area contributed by atoms with Gasteiger partial charge in [0.1, 0.15) is 5.76 Å². The van der Waals surface area contributed by atoms with Gasteiger partial charge in [0.15, 0.2) is 0 Å². The van der Waals surface area contributed by atoms with E-state index in [2.05, 4.69) is 36.1 Å². The Kier molecular flexibility index (Phi) is 2.31. The van der Waals surface area contributed by atoms with Crippen molar-refractivity contribution in [3.05, 3.63) is 47.7 Å². The highest BCUT2D eigenvalue weighted by atomic mass is 16.3. The Morgan fingerprint density at radius 3 is 2.50 bits per heavy atom. The first kappa shape index (κ1) is 8.94. The first-order valence-electron chi connectivity index (χ1n) is 4.68. The number of furan rings is 1. The first-order chi connectivity index (χ1) is 6.77. The molecule has 2 heterocycles. The van der Waals surface area contributed by atoms with Gasteiger partial charge in [-0.25, -0.2) is 0 Å². The number of hydrogen-bond acceptors (Lipinski definition) is 2. The van der Waals surface area contributed by atoms with Crippen LogP contribution in [0.1, 0.15) is 17.1 Å². The van der Waals surface area contributed by atoms with Crippen LogP contribution in [0.5, 0.6) is 0 Å². The number of aryl methyl sites for hydroxylation is 2. The van der Waals surface area contributed by atoms with Crippen molar-refractivity contribution in [3.63, 3.8) is 0 Å². The van der Waals surface area contributed by atoms with E-state index in [-0.39, 0.29) is 0 Å². The number of hydrogen-bond donors (Lipinski definition) is 1. The van der Waals surface area contributed by atoms with E-state index in [4.69, 9.17) is 4.42 Å². The molecule has 0 fully saturated rings. The Morgan fingerprint density at radius 2 is 1.93 bits per heavy atom. The fourth-order valence-electron chi connectivity index (χ4n) is 1.49. The van der Waals surface area contributed by atoms with Crippen LogP contribution in [0.15, 0.2) is 34.9 Å². The van der Waals surface area contributed by atoms with Crippen LogP contribution in [0.4, 0.5) is 0 Å². The van der Waals surface area contributed by atoms with Crippen molar-refractivity contribution in [1.29, 1.82) is 0 Å². The molecular weight excluding hydrogens is 176 g/mol. The van der Waals surface area contributed by atoms with E-state index >= 15 is 0 Å². The largest absolute Gasteiger partial charge is 0.467 e. The van der Waals surface area contributed by atoms with Crippen molar-refractivity contribution >= 4 is 0 Å². The minimum Gasteiger partial charge on any atom is -0.467 e. The number of aromatic nitrogens is 1. The topological polar surface area (TPSA) is 30.1 Å². The van der Waals surface area contributed by atoms with E-state index in [1.165, 1.54) is 11.4 Å². The Hall–Kier alpha value is -1.64. The summed E-state index contributed by atoms with van der Waals surface area (Å²) in [6.45, 7) is 4.85. The second-order valence-corrected chi connectivity index (χ2v) is 3.37. The lowest BCUT2D eigenvalue weighted by Crippen LogP contribution is -2.16. The number of nitrogens with zero attached hydrogens (tertiary/aromatic N) is 1. The SMILES string of the molecule is Cc1ccc(C)n1NCc1ccco1. The van der Waals surface area contributed by atoms with Gasteiger partial charge in [-0.2, -0.15) is 0 Å². The molecule has 3 heteroatoms. The summed E-state index contributed by atoms with van der Waals surface area (Å²) < 4.78 is 7.29. The summed E-state index contributed by atoms with van der Waals surface area (Å²) in [6.07, 6.45) is 1.69. The second-order valence-electron chi connectivity index (χ2n) is 3.37. The number of nitrogens with one attached hydrogen (secondary N) is 1. The summed E-state index contributed by atoms with van der Waals surface area (Å²) in [5, 5.41) is 0. The highest BCUT2D eigenvalue weighted by Crippen LogP contribution is 2.06. The summed E-state index contributed by atoms with van der Waals surface area (Å²) in [4.78, 5) is 0. The molecule has 0 aliphatic rings. The maximum atomic E-state index is 5.24. The Morgan fingerprint density at radius 1 is 1.21 bits per heavy atom. The second kappa shape index (κ2) is 3.62. The molecule has 2 aromatic rings. The third-order valence-electron chi connectivity index (χ3n) is 2.26. The van der Waals surface area contributed by atoms with Crippen molar-refractivity contribution < 1.29 is 4.42 Å². The zero-order chi connectivity index (χ0) is 9.97. The molecule has 0 unspecified atom stereocenters. The van der Waals surface area contributed by atoms with Gasteiger partial charge in [0.05, 0.1) is 12.8 Å². The molecule has 2 rings (SSSR count). The van der Waals surface area contributed by atoms with E-state index in [9.17, 15) is 0 Å². The zero-order valence-electron chi connectivity index (χ0n) is 8.45. The van der Waals surface area contributed by atoms with Crippen LogP contribution < -0.4 is 5.43 Å². The highest BCUT2D eigenvalue weighted by Gasteiger charge is 2.00.